The lowest BCUT2D eigenvalue weighted by Gasteiger charge is -2.24. The Balaban J connectivity index is 1.65. The fourth-order valence-electron chi connectivity index (χ4n) is 2.87. The van der Waals surface area contributed by atoms with E-state index in [-0.39, 0.29) is 11.8 Å². The molecule has 2 aromatic rings. The topological polar surface area (TPSA) is 58.6 Å². The largest absolute Gasteiger partial charge is 0.481 e. The van der Waals surface area contributed by atoms with Gasteiger partial charge in [-0.15, -0.1) is 0 Å². The minimum atomic E-state index is -0.0872. The predicted octanol–water partition coefficient (Wildman–Crippen LogP) is 2.39. The number of carbonyl (C=O) groups excluding carboxylic acids is 1. The third-order valence-corrected chi connectivity index (χ3v) is 5.03. The van der Waals surface area contributed by atoms with Crippen LogP contribution in [-0.4, -0.2) is 54.1 Å². The highest BCUT2D eigenvalue weighted by Crippen LogP contribution is 2.22. The molecule has 128 valence electrons. The normalized spacial score (nSPS) is 16.6. The molecule has 6 nitrogen and oxygen atoms in total. The standard InChI is InChI=1S/C17H22N4O2S/c1-13(14-5-11-24-12-14)16(22)20-7-3-8-21(10-9-20)17-18-6-4-15(19-17)23-2/h4-6,11-13H,3,7-10H2,1-2H3. The quantitative estimate of drug-likeness (QED) is 0.851. The Bertz CT molecular complexity index is 677. The van der Waals surface area contributed by atoms with Crippen LogP contribution in [0, 0.1) is 0 Å². The zero-order valence-electron chi connectivity index (χ0n) is 14.0. The molecule has 0 aliphatic carbocycles. The minimum Gasteiger partial charge on any atom is -0.481 e. The molecule has 0 N–H and O–H groups in total. The van der Waals surface area contributed by atoms with Gasteiger partial charge in [-0.2, -0.15) is 16.3 Å². The summed E-state index contributed by atoms with van der Waals surface area (Å²) in [6.07, 6.45) is 2.61. The maximum absolute atomic E-state index is 12.8. The molecule has 24 heavy (non-hydrogen) atoms. The van der Waals surface area contributed by atoms with Crippen molar-refractivity contribution in [3.05, 3.63) is 34.7 Å². The lowest BCUT2D eigenvalue weighted by Crippen LogP contribution is -2.37. The first-order chi connectivity index (χ1) is 11.7. The van der Waals surface area contributed by atoms with Crippen LogP contribution in [0.1, 0.15) is 24.8 Å². The lowest BCUT2D eigenvalue weighted by atomic mass is 10.0. The Labute approximate surface area is 146 Å². The highest BCUT2D eigenvalue weighted by atomic mass is 32.1. The molecular weight excluding hydrogens is 324 g/mol. The van der Waals surface area contributed by atoms with Crippen LogP contribution >= 0.6 is 11.3 Å². The van der Waals surface area contributed by atoms with E-state index in [1.807, 2.05) is 23.3 Å². The van der Waals surface area contributed by atoms with E-state index in [2.05, 4.69) is 20.2 Å². The molecule has 0 spiro atoms. The Kier molecular flexibility index (Phi) is 5.30. The van der Waals surface area contributed by atoms with Crippen LogP contribution in [0.15, 0.2) is 29.1 Å². The molecule has 1 saturated heterocycles. The van der Waals surface area contributed by atoms with Gasteiger partial charge in [0.1, 0.15) is 0 Å². The van der Waals surface area contributed by atoms with Crippen molar-refractivity contribution in [2.24, 2.45) is 0 Å². The van der Waals surface area contributed by atoms with Gasteiger partial charge in [0.05, 0.1) is 13.0 Å². The van der Waals surface area contributed by atoms with Crippen molar-refractivity contribution in [2.75, 3.05) is 38.2 Å². The van der Waals surface area contributed by atoms with Gasteiger partial charge in [-0.1, -0.05) is 0 Å². The van der Waals surface area contributed by atoms with Crippen molar-refractivity contribution in [2.45, 2.75) is 19.3 Å². The van der Waals surface area contributed by atoms with Crippen molar-refractivity contribution in [1.82, 2.24) is 14.9 Å². The monoisotopic (exact) mass is 346 g/mol. The van der Waals surface area contributed by atoms with E-state index in [1.165, 1.54) is 0 Å². The molecule has 7 heteroatoms. The highest BCUT2D eigenvalue weighted by Gasteiger charge is 2.25. The summed E-state index contributed by atoms with van der Waals surface area (Å²) in [5.41, 5.74) is 1.10. The van der Waals surface area contributed by atoms with Crippen LogP contribution in [0.5, 0.6) is 5.88 Å². The molecule has 0 bridgehead atoms. The molecule has 1 unspecified atom stereocenters. The van der Waals surface area contributed by atoms with Crippen LogP contribution in [0.25, 0.3) is 0 Å². The number of hydrogen-bond acceptors (Lipinski definition) is 6. The molecule has 1 aliphatic heterocycles. The Morgan fingerprint density at radius 2 is 2.17 bits per heavy atom. The van der Waals surface area contributed by atoms with Gasteiger partial charge in [0, 0.05) is 38.4 Å². The minimum absolute atomic E-state index is 0.0872. The van der Waals surface area contributed by atoms with E-state index in [1.54, 1.807) is 30.7 Å². The van der Waals surface area contributed by atoms with E-state index >= 15 is 0 Å². The smallest absolute Gasteiger partial charge is 0.229 e. The van der Waals surface area contributed by atoms with Gasteiger partial charge in [0.2, 0.25) is 17.7 Å². The van der Waals surface area contributed by atoms with Crippen molar-refractivity contribution in [3.63, 3.8) is 0 Å². The lowest BCUT2D eigenvalue weighted by molar-refractivity contribution is -0.132. The molecule has 0 aromatic carbocycles. The van der Waals surface area contributed by atoms with Gasteiger partial charge in [-0.25, -0.2) is 4.98 Å². The summed E-state index contributed by atoms with van der Waals surface area (Å²) in [5, 5.41) is 4.07. The molecule has 1 amide bonds. The molecular formula is C17H22N4O2S. The van der Waals surface area contributed by atoms with E-state index in [0.29, 0.717) is 18.4 Å². The van der Waals surface area contributed by atoms with Gasteiger partial charge < -0.3 is 14.5 Å². The molecule has 1 aliphatic rings. The van der Waals surface area contributed by atoms with Crippen LogP contribution in [0.2, 0.25) is 0 Å². The number of ether oxygens (including phenoxy) is 1. The zero-order chi connectivity index (χ0) is 16.9. The fourth-order valence-corrected chi connectivity index (χ4v) is 3.63. The molecule has 3 rings (SSSR count). The summed E-state index contributed by atoms with van der Waals surface area (Å²) < 4.78 is 5.17. The summed E-state index contributed by atoms with van der Waals surface area (Å²) in [6, 6.07) is 3.77. The molecule has 1 fully saturated rings. The second-order valence-corrected chi connectivity index (χ2v) is 6.62. The molecule has 2 aromatic heterocycles. The number of aromatic nitrogens is 2. The van der Waals surface area contributed by atoms with Crippen molar-refractivity contribution in [3.8, 4) is 5.88 Å². The Morgan fingerprint density at radius 3 is 2.92 bits per heavy atom. The van der Waals surface area contributed by atoms with Gasteiger partial charge >= 0.3 is 0 Å². The van der Waals surface area contributed by atoms with Gasteiger partial charge in [-0.3, -0.25) is 4.79 Å². The Morgan fingerprint density at radius 1 is 1.29 bits per heavy atom. The summed E-state index contributed by atoms with van der Waals surface area (Å²) in [5.74, 6) is 1.33. The number of nitrogens with zero attached hydrogens (tertiary/aromatic N) is 4. The van der Waals surface area contributed by atoms with Crippen LogP contribution in [0.4, 0.5) is 5.95 Å². The summed E-state index contributed by atoms with van der Waals surface area (Å²) in [7, 11) is 1.60. The summed E-state index contributed by atoms with van der Waals surface area (Å²) in [4.78, 5) is 25.6. The van der Waals surface area contributed by atoms with Gasteiger partial charge in [0.25, 0.3) is 0 Å². The molecule has 0 radical (unpaired) electrons. The average Bonchev–Trinajstić information content (AvgIpc) is 3.05. The van der Waals surface area contributed by atoms with E-state index in [0.717, 1.165) is 31.6 Å². The van der Waals surface area contributed by atoms with Gasteiger partial charge in [-0.05, 0) is 35.7 Å². The fraction of sp³-hybridized carbons (Fsp3) is 0.471. The number of methoxy groups -OCH3 is 1. The highest BCUT2D eigenvalue weighted by molar-refractivity contribution is 7.08. The van der Waals surface area contributed by atoms with E-state index in [4.69, 9.17) is 4.74 Å². The molecule has 1 atom stereocenters. The second kappa shape index (κ2) is 7.61. The zero-order valence-corrected chi connectivity index (χ0v) is 14.8. The van der Waals surface area contributed by atoms with E-state index in [9.17, 15) is 4.79 Å². The maximum Gasteiger partial charge on any atom is 0.229 e. The number of hydrogen-bond donors (Lipinski definition) is 0. The Hall–Kier alpha value is -2.15. The van der Waals surface area contributed by atoms with Crippen LogP contribution in [-0.2, 0) is 4.79 Å². The molecule has 0 saturated carbocycles. The summed E-state index contributed by atoms with van der Waals surface area (Å²) in [6.45, 7) is 5.01. The third-order valence-electron chi connectivity index (χ3n) is 4.33. The number of anilines is 1. The number of amides is 1. The first-order valence-corrected chi connectivity index (χ1v) is 9.06. The van der Waals surface area contributed by atoms with Crippen LogP contribution in [0.3, 0.4) is 0 Å². The first-order valence-electron chi connectivity index (χ1n) is 8.12. The average molecular weight is 346 g/mol. The molecule has 3 heterocycles. The SMILES string of the molecule is COc1ccnc(N2CCCN(C(=O)C(C)c3ccsc3)CC2)n1. The third kappa shape index (κ3) is 3.67. The predicted molar refractivity (Wildman–Crippen MR) is 94.7 cm³/mol. The van der Waals surface area contributed by atoms with Crippen molar-refractivity contribution >= 4 is 23.2 Å². The number of carbonyl (C=O) groups is 1. The first kappa shape index (κ1) is 16.7. The van der Waals surface area contributed by atoms with Crippen molar-refractivity contribution in [1.29, 1.82) is 0 Å². The van der Waals surface area contributed by atoms with Gasteiger partial charge in [0.15, 0.2) is 0 Å². The van der Waals surface area contributed by atoms with Crippen LogP contribution < -0.4 is 9.64 Å². The van der Waals surface area contributed by atoms with Crippen molar-refractivity contribution < 1.29 is 9.53 Å². The number of thiophene rings is 1. The number of rotatable bonds is 4. The van der Waals surface area contributed by atoms with E-state index < -0.39 is 0 Å². The second-order valence-electron chi connectivity index (χ2n) is 5.84. The maximum atomic E-state index is 12.8. The summed E-state index contributed by atoms with van der Waals surface area (Å²) >= 11 is 1.63.